The van der Waals surface area contributed by atoms with Gasteiger partial charge in [0.05, 0.1) is 0 Å². The minimum Gasteiger partial charge on any atom is -0.309 e. The molecule has 0 spiro atoms. The highest BCUT2D eigenvalue weighted by atomic mass is 32.2. The number of benzene rings is 1. The molecule has 4 nitrogen and oxygen atoms in total. The molecule has 0 unspecified atom stereocenters. The molecule has 2 atom stereocenters. The summed E-state index contributed by atoms with van der Waals surface area (Å²) in [6.45, 7) is 4.26. The van der Waals surface area contributed by atoms with Crippen LogP contribution >= 0.6 is 0 Å². The second-order valence-electron chi connectivity index (χ2n) is 4.87. The smallest absolute Gasteiger partial charge is 0.246 e. The SMILES string of the molecule is C[C@@H]1CN(S(=O)(=O)c2ccc(F)cc2F)C[C@@H](C)N1. The van der Waals surface area contributed by atoms with E-state index in [4.69, 9.17) is 0 Å². The molecule has 0 aliphatic carbocycles. The molecule has 7 heteroatoms. The molecule has 1 heterocycles. The van der Waals surface area contributed by atoms with Crippen molar-refractivity contribution in [3.05, 3.63) is 29.8 Å². The van der Waals surface area contributed by atoms with Crippen molar-refractivity contribution >= 4 is 10.0 Å². The summed E-state index contributed by atoms with van der Waals surface area (Å²) in [6, 6.07) is 2.48. The molecule has 2 rings (SSSR count). The first-order valence-electron chi connectivity index (χ1n) is 6.02. The van der Waals surface area contributed by atoms with Gasteiger partial charge in [0.1, 0.15) is 16.5 Å². The number of hydrogen-bond donors (Lipinski definition) is 1. The molecule has 1 saturated heterocycles. The molecular formula is C12H16F2N2O2S. The van der Waals surface area contributed by atoms with Crippen LogP contribution in [0.4, 0.5) is 8.78 Å². The molecule has 1 aromatic rings. The molecule has 1 aliphatic rings. The zero-order valence-electron chi connectivity index (χ0n) is 10.7. The highest BCUT2D eigenvalue weighted by molar-refractivity contribution is 7.89. The van der Waals surface area contributed by atoms with Crippen LogP contribution in [0.25, 0.3) is 0 Å². The molecule has 0 amide bonds. The lowest BCUT2D eigenvalue weighted by Crippen LogP contribution is -2.55. The fourth-order valence-electron chi connectivity index (χ4n) is 2.30. The topological polar surface area (TPSA) is 49.4 Å². The van der Waals surface area contributed by atoms with E-state index in [1.807, 2.05) is 13.8 Å². The normalized spacial score (nSPS) is 25.5. The van der Waals surface area contributed by atoms with Crippen molar-refractivity contribution in [1.82, 2.24) is 9.62 Å². The number of sulfonamides is 1. The van der Waals surface area contributed by atoms with E-state index in [9.17, 15) is 17.2 Å². The summed E-state index contributed by atoms with van der Waals surface area (Å²) in [5.41, 5.74) is 0. The number of piperazine rings is 1. The van der Waals surface area contributed by atoms with Crippen molar-refractivity contribution in [2.45, 2.75) is 30.8 Å². The molecule has 1 aliphatic heterocycles. The van der Waals surface area contributed by atoms with Crippen molar-refractivity contribution < 1.29 is 17.2 Å². The van der Waals surface area contributed by atoms with Gasteiger partial charge < -0.3 is 5.32 Å². The van der Waals surface area contributed by atoms with Crippen molar-refractivity contribution in [2.75, 3.05) is 13.1 Å². The third-order valence-corrected chi connectivity index (χ3v) is 4.90. The zero-order valence-corrected chi connectivity index (χ0v) is 11.5. The molecule has 0 aromatic heterocycles. The summed E-state index contributed by atoms with van der Waals surface area (Å²) in [7, 11) is -3.92. The van der Waals surface area contributed by atoms with Crippen molar-refractivity contribution in [2.24, 2.45) is 0 Å². The van der Waals surface area contributed by atoms with Crippen LogP contribution in [0, 0.1) is 11.6 Å². The van der Waals surface area contributed by atoms with Gasteiger partial charge in [0.2, 0.25) is 10.0 Å². The summed E-state index contributed by atoms with van der Waals surface area (Å²) >= 11 is 0. The summed E-state index contributed by atoms with van der Waals surface area (Å²) in [6.07, 6.45) is 0. The Morgan fingerprint density at radius 2 is 1.79 bits per heavy atom. The third kappa shape index (κ3) is 2.93. The Balaban J connectivity index is 2.36. The third-order valence-electron chi connectivity index (χ3n) is 3.04. The van der Waals surface area contributed by atoms with Crippen molar-refractivity contribution in [3.8, 4) is 0 Å². The van der Waals surface area contributed by atoms with E-state index in [2.05, 4.69) is 5.32 Å². The van der Waals surface area contributed by atoms with Crippen LogP contribution in [0.2, 0.25) is 0 Å². The Hall–Kier alpha value is -1.05. The fourth-order valence-corrected chi connectivity index (χ4v) is 3.96. The lowest BCUT2D eigenvalue weighted by Gasteiger charge is -2.35. The highest BCUT2D eigenvalue weighted by Crippen LogP contribution is 2.22. The van der Waals surface area contributed by atoms with E-state index < -0.39 is 26.6 Å². The average Bonchev–Trinajstić information content (AvgIpc) is 2.26. The van der Waals surface area contributed by atoms with Crippen LogP contribution in [-0.4, -0.2) is 37.9 Å². The van der Waals surface area contributed by atoms with Gasteiger partial charge in [-0.2, -0.15) is 4.31 Å². The first-order chi connectivity index (χ1) is 8.80. The largest absolute Gasteiger partial charge is 0.309 e. The van der Waals surface area contributed by atoms with Gasteiger partial charge in [0.25, 0.3) is 0 Å². The van der Waals surface area contributed by atoms with Gasteiger partial charge in [0, 0.05) is 31.2 Å². The second-order valence-corrected chi connectivity index (χ2v) is 6.77. The zero-order chi connectivity index (χ0) is 14.2. The lowest BCUT2D eigenvalue weighted by molar-refractivity contribution is 0.262. The Kier molecular flexibility index (Phi) is 3.89. The summed E-state index contributed by atoms with van der Waals surface area (Å²) in [4.78, 5) is -0.477. The standard InChI is InChI=1S/C12H16F2N2O2S/c1-8-6-16(7-9(2)15-8)19(17,18)12-4-3-10(13)5-11(12)14/h3-5,8-9,15H,6-7H2,1-2H3/t8-,9-/m1/s1. The van der Waals surface area contributed by atoms with Crippen LogP contribution in [0.15, 0.2) is 23.1 Å². The maximum Gasteiger partial charge on any atom is 0.246 e. The minimum atomic E-state index is -3.92. The lowest BCUT2D eigenvalue weighted by atomic mass is 10.2. The number of hydrogen-bond acceptors (Lipinski definition) is 3. The van der Waals surface area contributed by atoms with Crippen LogP contribution in [0.3, 0.4) is 0 Å². The van der Waals surface area contributed by atoms with Gasteiger partial charge in [-0.3, -0.25) is 0 Å². The maximum atomic E-state index is 13.6. The number of rotatable bonds is 2. The molecule has 1 N–H and O–H groups in total. The van der Waals surface area contributed by atoms with E-state index in [-0.39, 0.29) is 25.2 Å². The maximum absolute atomic E-state index is 13.6. The summed E-state index contributed by atoms with van der Waals surface area (Å²) < 4.78 is 52.4. The van der Waals surface area contributed by atoms with Gasteiger partial charge in [-0.05, 0) is 26.0 Å². The van der Waals surface area contributed by atoms with Crippen LogP contribution in [-0.2, 0) is 10.0 Å². The van der Waals surface area contributed by atoms with Gasteiger partial charge in [-0.15, -0.1) is 0 Å². The fraction of sp³-hybridized carbons (Fsp3) is 0.500. The molecule has 106 valence electrons. The van der Waals surface area contributed by atoms with Gasteiger partial charge >= 0.3 is 0 Å². The summed E-state index contributed by atoms with van der Waals surface area (Å²) in [5.74, 6) is -1.85. The Labute approximate surface area is 111 Å². The Bertz CT molecular complexity index is 567. The van der Waals surface area contributed by atoms with E-state index >= 15 is 0 Å². The number of nitrogens with zero attached hydrogens (tertiary/aromatic N) is 1. The molecular weight excluding hydrogens is 274 g/mol. The van der Waals surface area contributed by atoms with Gasteiger partial charge in [-0.1, -0.05) is 0 Å². The van der Waals surface area contributed by atoms with Gasteiger partial charge in [-0.25, -0.2) is 17.2 Å². The molecule has 0 bridgehead atoms. The second kappa shape index (κ2) is 5.15. The molecule has 1 aromatic carbocycles. The average molecular weight is 290 g/mol. The first-order valence-corrected chi connectivity index (χ1v) is 7.46. The quantitative estimate of drug-likeness (QED) is 0.894. The van der Waals surface area contributed by atoms with Crippen LogP contribution in [0.1, 0.15) is 13.8 Å². The number of halogens is 2. The van der Waals surface area contributed by atoms with Gasteiger partial charge in [0.15, 0.2) is 0 Å². The predicted octanol–water partition coefficient (Wildman–Crippen LogP) is 1.34. The van der Waals surface area contributed by atoms with E-state index in [1.54, 1.807) is 0 Å². The highest BCUT2D eigenvalue weighted by Gasteiger charge is 2.33. The van der Waals surface area contributed by atoms with Crippen molar-refractivity contribution in [1.29, 1.82) is 0 Å². The predicted molar refractivity (Wildman–Crippen MR) is 67.2 cm³/mol. The first kappa shape index (κ1) is 14.4. The Morgan fingerprint density at radius 1 is 1.21 bits per heavy atom. The molecule has 19 heavy (non-hydrogen) atoms. The Morgan fingerprint density at radius 3 is 2.32 bits per heavy atom. The molecule has 0 saturated carbocycles. The van der Waals surface area contributed by atoms with E-state index in [1.165, 1.54) is 4.31 Å². The molecule has 1 fully saturated rings. The minimum absolute atomic E-state index is 0.0120. The number of nitrogens with one attached hydrogen (secondary N) is 1. The van der Waals surface area contributed by atoms with E-state index in [0.29, 0.717) is 6.07 Å². The van der Waals surface area contributed by atoms with Crippen molar-refractivity contribution in [3.63, 3.8) is 0 Å². The van der Waals surface area contributed by atoms with Crippen LogP contribution in [0.5, 0.6) is 0 Å². The van der Waals surface area contributed by atoms with Crippen LogP contribution < -0.4 is 5.32 Å². The monoisotopic (exact) mass is 290 g/mol. The molecule has 0 radical (unpaired) electrons. The van der Waals surface area contributed by atoms with E-state index in [0.717, 1.165) is 12.1 Å². The summed E-state index contributed by atoms with van der Waals surface area (Å²) in [5, 5.41) is 3.20.